The van der Waals surface area contributed by atoms with Crippen molar-refractivity contribution in [2.24, 2.45) is 5.92 Å². The molecule has 1 unspecified atom stereocenters. The molecule has 2 aromatic rings. The number of fused-ring (bicyclic) bond motifs is 1. The number of hydrogen-bond acceptors (Lipinski definition) is 3. The first-order chi connectivity index (χ1) is 9.69. The number of rotatable bonds is 2. The van der Waals surface area contributed by atoms with E-state index in [-0.39, 0.29) is 18.4 Å². The van der Waals surface area contributed by atoms with Crippen molar-refractivity contribution in [1.29, 1.82) is 0 Å². The van der Waals surface area contributed by atoms with Gasteiger partial charge >= 0.3 is 0 Å². The van der Waals surface area contributed by atoms with Crippen LogP contribution < -0.4 is 5.73 Å². The summed E-state index contributed by atoms with van der Waals surface area (Å²) in [6.07, 6.45) is 3.68. The smallest absolute Gasteiger partial charge is 0.256 e. The second-order valence-corrected chi connectivity index (χ2v) is 5.45. The molecule has 0 bridgehead atoms. The molecule has 5 heteroatoms. The van der Waals surface area contributed by atoms with Crippen LogP contribution in [0.4, 0.5) is 5.69 Å². The SMILES string of the molecule is Nc1ccc2[nH]cc(C(=O)N3CCCC(CO)C3)c2c1. The van der Waals surface area contributed by atoms with Gasteiger partial charge in [-0.1, -0.05) is 0 Å². The largest absolute Gasteiger partial charge is 0.399 e. The summed E-state index contributed by atoms with van der Waals surface area (Å²) in [5.41, 5.74) is 8.03. The number of anilines is 1. The van der Waals surface area contributed by atoms with Crippen LogP contribution >= 0.6 is 0 Å². The first-order valence-corrected chi connectivity index (χ1v) is 6.96. The molecule has 106 valence electrons. The van der Waals surface area contributed by atoms with Crippen LogP contribution in [0.1, 0.15) is 23.2 Å². The number of aromatic amines is 1. The number of nitrogens with two attached hydrogens (primary N) is 1. The Hall–Kier alpha value is -2.01. The highest BCUT2D eigenvalue weighted by Gasteiger charge is 2.25. The molecule has 3 rings (SSSR count). The van der Waals surface area contributed by atoms with Crippen LogP contribution in [-0.2, 0) is 0 Å². The first kappa shape index (κ1) is 13.0. The quantitative estimate of drug-likeness (QED) is 0.727. The Balaban J connectivity index is 1.90. The van der Waals surface area contributed by atoms with Crippen molar-refractivity contribution >= 4 is 22.5 Å². The molecule has 0 aliphatic carbocycles. The fourth-order valence-corrected chi connectivity index (χ4v) is 2.88. The zero-order chi connectivity index (χ0) is 14.1. The lowest BCUT2D eigenvalue weighted by atomic mass is 9.98. The van der Waals surface area contributed by atoms with E-state index in [1.54, 1.807) is 6.20 Å². The number of nitrogens with one attached hydrogen (secondary N) is 1. The summed E-state index contributed by atoms with van der Waals surface area (Å²) >= 11 is 0. The molecule has 1 atom stereocenters. The third-order valence-electron chi connectivity index (χ3n) is 4.00. The van der Waals surface area contributed by atoms with Gasteiger partial charge in [0.1, 0.15) is 0 Å². The number of hydrogen-bond donors (Lipinski definition) is 3. The summed E-state index contributed by atoms with van der Waals surface area (Å²) in [5, 5.41) is 10.1. The van der Waals surface area contributed by atoms with E-state index in [0.717, 1.165) is 30.3 Å². The van der Waals surface area contributed by atoms with E-state index in [2.05, 4.69) is 4.98 Å². The van der Waals surface area contributed by atoms with Crippen molar-refractivity contribution in [3.8, 4) is 0 Å². The van der Waals surface area contributed by atoms with Crippen molar-refractivity contribution in [1.82, 2.24) is 9.88 Å². The average molecular weight is 273 g/mol. The Kier molecular flexibility index (Phi) is 3.36. The second kappa shape index (κ2) is 5.17. The van der Waals surface area contributed by atoms with Crippen LogP contribution in [0.25, 0.3) is 10.9 Å². The summed E-state index contributed by atoms with van der Waals surface area (Å²) in [6, 6.07) is 5.52. The van der Waals surface area contributed by atoms with E-state index in [1.165, 1.54) is 0 Å². The molecular weight excluding hydrogens is 254 g/mol. The third kappa shape index (κ3) is 2.25. The number of aromatic nitrogens is 1. The molecular formula is C15H19N3O2. The van der Waals surface area contributed by atoms with E-state index in [4.69, 9.17) is 5.73 Å². The maximum Gasteiger partial charge on any atom is 0.256 e. The molecule has 1 aliphatic rings. The monoisotopic (exact) mass is 273 g/mol. The van der Waals surface area contributed by atoms with Crippen molar-refractivity contribution in [3.63, 3.8) is 0 Å². The number of H-pyrrole nitrogens is 1. The Bertz CT molecular complexity index is 635. The summed E-state index contributed by atoms with van der Waals surface area (Å²) < 4.78 is 0. The van der Waals surface area contributed by atoms with Crippen LogP contribution in [-0.4, -0.2) is 40.6 Å². The van der Waals surface area contributed by atoms with Crippen LogP contribution in [0.5, 0.6) is 0 Å². The zero-order valence-electron chi connectivity index (χ0n) is 11.3. The molecule has 4 N–H and O–H groups in total. The minimum absolute atomic E-state index is 0.0139. The Morgan fingerprint density at radius 3 is 3.15 bits per heavy atom. The number of amides is 1. The molecule has 1 amide bonds. The number of benzene rings is 1. The standard InChI is InChI=1S/C15H19N3O2/c16-11-3-4-14-12(6-11)13(7-17-14)15(20)18-5-1-2-10(8-18)9-19/h3-4,6-7,10,17,19H,1-2,5,8-9,16H2. The van der Waals surface area contributed by atoms with Gasteiger partial charge < -0.3 is 20.7 Å². The van der Waals surface area contributed by atoms with Crippen LogP contribution in [0, 0.1) is 5.92 Å². The van der Waals surface area contributed by atoms with Gasteiger partial charge in [-0.3, -0.25) is 4.79 Å². The fraction of sp³-hybridized carbons (Fsp3) is 0.400. The van der Waals surface area contributed by atoms with Crippen LogP contribution in [0.3, 0.4) is 0 Å². The maximum atomic E-state index is 12.6. The van der Waals surface area contributed by atoms with E-state index in [1.807, 2.05) is 23.1 Å². The molecule has 5 nitrogen and oxygen atoms in total. The summed E-state index contributed by atoms with van der Waals surface area (Å²) in [7, 11) is 0. The number of carbonyl (C=O) groups excluding carboxylic acids is 1. The van der Waals surface area contributed by atoms with Gasteiger partial charge in [0.15, 0.2) is 0 Å². The lowest BCUT2D eigenvalue weighted by Crippen LogP contribution is -2.40. The van der Waals surface area contributed by atoms with Crippen molar-refractivity contribution in [3.05, 3.63) is 30.0 Å². The van der Waals surface area contributed by atoms with Gasteiger partial charge in [0, 0.05) is 42.5 Å². The average Bonchev–Trinajstić information content (AvgIpc) is 2.89. The molecule has 1 aliphatic heterocycles. The Morgan fingerprint density at radius 1 is 1.50 bits per heavy atom. The molecule has 1 fully saturated rings. The molecule has 2 heterocycles. The van der Waals surface area contributed by atoms with Crippen LogP contribution in [0.2, 0.25) is 0 Å². The number of nitrogen functional groups attached to an aromatic ring is 1. The highest BCUT2D eigenvalue weighted by atomic mass is 16.3. The summed E-state index contributed by atoms with van der Waals surface area (Å²) in [5.74, 6) is 0.211. The number of piperidine rings is 1. The highest BCUT2D eigenvalue weighted by Crippen LogP contribution is 2.24. The molecule has 1 aromatic heterocycles. The number of nitrogens with zero attached hydrogens (tertiary/aromatic N) is 1. The summed E-state index contributed by atoms with van der Waals surface area (Å²) in [4.78, 5) is 17.6. The third-order valence-corrected chi connectivity index (χ3v) is 4.00. The van der Waals surface area contributed by atoms with Crippen LogP contribution in [0.15, 0.2) is 24.4 Å². The van der Waals surface area contributed by atoms with Gasteiger partial charge in [-0.2, -0.15) is 0 Å². The number of aliphatic hydroxyl groups is 1. The Labute approximate surface area is 117 Å². The molecule has 0 spiro atoms. The first-order valence-electron chi connectivity index (χ1n) is 6.96. The van der Waals surface area contributed by atoms with Gasteiger partial charge in [0.25, 0.3) is 5.91 Å². The van der Waals surface area contributed by atoms with Crippen molar-refractivity contribution < 1.29 is 9.90 Å². The number of carbonyl (C=O) groups is 1. The summed E-state index contributed by atoms with van der Waals surface area (Å²) in [6.45, 7) is 1.53. The van der Waals surface area contributed by atoms with E-state index < -0.39 is 0 Å². The van der Waals surface area contributed by atoms with Crippen molar-refractivity contribution in [2.75, 3.05) is 25.4 Å². The normalized spacial score (nSPS) is 19.4. The minimum Gasteiger partial charge on any atom is -0.399 e. The van der Waals surface area contributed by atoms with E-state index in [9.17, 15) is 9.90 Å². The molecule has 1 aromatic carbocycles. The highest BCUT2D eigenvalue weighted by molar-refractivity contribution is 6.07. The lowest BCUT2D eigenvalue weighted by molar-refractivity contribution is 0.0622. The van der Waals surface area contributed by atoms with Crippen molar-refractivity contribution in [2.45, 2.75) is 12.8 Å². The number of aliphatic hydroxyl groups excluding tert-OH is 1. The predicted octanol–water partition coefficient (Wildman–Crippen LogP) is 1.59. The van der Waals surface area contributed by atoms with Gasteiger partial charge in [-0.25, -0.2) is 0 Å². The van der Waals surface area contributed by atoms with E-state index in [0.29, 0.717) is 17.8 Å². The minimum atomic E-state index is 0.0139. The van der Waals surface area contributed by atoms with E-state index >= 15 is 0 Å². The Morgan fingerprint density at radius 2 is 2.35 bits per heavy atom. The molecule has 20 heavy (non-hydrogen) atoms. The second-order valence-electron chi connectivity index (χ2n) is 5.45. The van der Waals surface area contributed by atoms with Gasteiger partial charge in [0.2, 0.25) is 0 Å². The van der Waals surface area contributed by atoms with Gasteiger partial charge in [0.05, 0.1) is 5.56 Å². The maximum absolute atomic E-state index is 12.6. The zero-order valence-corrected chi connectivity index (χ0v) is 11.3. The molecule has 1 saturated heterocycles. The molecule has 0 saturated carbocycles. The lowest BCUT2D eigenvalue weighted by Gasteiger charge is -2.31. The van der Waals surface area contributed by atoms with Gasteiger partial charge in [-0.05, 0) is 37.0 Å². The fourth-order valence-electron chi connectivity index (χ4n) is 2.88. The molecule has 0 radical (unpaired) electrons. The van der Waals surface area contributed by atoms with Gasteiger partial charge in [-0.15, -0.1) is 0 Å². The topological polar surface area (TPSA) is 82.4 Å². The predicted molar refractivity (Wildman–Crippen MR) is 78.4 cm³/mol. The number of likely N-dealkylation sites (tertiary alicyclic amines) is 1.